The van der Waals surface area contributed by atoms with Crippen LogP contribution in [-0.2, 0) is 0 Å². The van der Waals surface area contributed by atoms with Crippen LogP contribution in [0.5, 0.6) is 0 Å². The summed E-state index contributed by atoms with van der Waals surface area (Å²) in [6.07, 6.45) is 1.08. The van der Waals surface area contributed by atoms with E-state index in [1.807, 2.05) is 72.8 Å². The summed E-state index contributed by atoms with van der Waals surface area (Å²) in [4.78, 5) is 10.6. The van der Waals surface area contributed by atoms with Crippen LogP contribution >= 0.6 is 0 Å². The van der Waals surface area contributed by atoms with Gasteiger partial charge in [-0.05, 0) is 21.9 Å². The molecule has 3 aromatic rings. The number of hydrogen-bond donors (Lipinski definition) is 0. The molecule has 0 aliphatic heterocycles. The second kappa shape index (κ2) is 5.59. The molecule has 0 unspecified atom stereocenters. The highest BCUT2D eigenvalue weighted by atomic mass is 16.6. The first-order valence-corrected chi connectivity index (χ1v) is 6.64. The van der Waals surface area contributed by atoms with Gasteiger partial charge in [-0.3, -0.25) is 10.1 Å². The molecule has 0 saturated carbocycles. The van der Waals surface area contributed by atoms with Crippen LogP contribution in [0.4, 0.5) is 0 Å². The summed E-state index contributed by atoms with van der Waals surface area (Å²) in [5, 5.41) is 13.1. The van der Waals surface area contributed by atoms with Gasteiger partial charge >= 0.3 is 0 Å². The molecule has 3 heteroatoms. The minimum atomic E-state index is -0.399. The lowest BCUT2D eigenvalue weighted by Crippen LogP contribution is -1.94. The maximum Gasteiger partial charge on any atom is 0.242 e. The maximum atomic E-state index is 11.0. The third-order valence-electron chi connectivity index (χ3n) is 3.40. The molecule has 0 bridgehead atoms. The minimum Gasteiger partial charge on any atom is -0.259 e. The zero-order valence-electron chi connectivity index (χ0n) is 11.3. The number of hydrogen-bond acceptors (Lipinski definition) is 2. The summed E-state index contributed by atoms with van der Waals surface area (Å²) in [7, 11) is 0. The quantitative estimate of drug-likeness (QED) is 0.521. The molecule has 0 heterocycles. The van der Waals surface area contributed by atoms with E-state index in [2.05, 4.69) is 0 Å². The van der Waals surface area contributed by atoms with Crippen LogP contribution < -0.4 is 0 Å². The van der Waals surface area contributed by atoms with E-state index in [9.17, 15) is 10.1 Å². The largest absolute Gasteiger partial charge is 0.259 e. The number of rotatable bonds is 3. The fourth-order valence-electron chi connectivity index (χ4n) is 2.48. The van der Waals surface area contributed by atoms with Gasteiger partial charge < -0.3 is 0 Å². The topological polar surface area (TPSA) is 43.1 Å². The van der Waals surface area contributed by atoms with Gasteiger partial charge in [0, 0.05) is 0 Å². The first-order valence-electron chi connectivity index (χ1n) is 6.64. The fourth-order valence-corrected chi connectivity index (χ4v) is 2.48. The molecule has 0 spiro atoms. The number of fused-ring (bicyclic) bond motifs is 1. The molecule has 0 aliphatic carbocycles. The van der Waals surface area contributed by atoms with Crippen molar-refractivity contribution in [3.63, 3.8) is 0 Å². The van der Waals surface area contributed by atoms with Crippen molar-refractivity contribution in [2.24, 2.45) is 0 Å². The molecule has 0 aliphatic rings. The SMILES string of the molecule is O=[N+]([O-])/C=C(\c1ccccc1)c1cccc2ccccc12. The van der Waals surface area contributed by atoms with Gasteiger partial charge in [-0.2, -0.15) is 0 Å². The van der Waals surface area contributed by atoms with Crippen molar-refractivity contribution < 1.29 is 4.92 Å². The van der Waals surface area contributed by atoms with Crippen molar-refractivity contribution in [3.05, 3.63) is 100 Å². The number of benzene rings is 3. The van der Waals surface area contributed by atoms with E-state index in [1.54, 1.807) is 0 Å². The molecule has 21 heavy (non-hydrogen) atoms. The van der Waals surface area contributed by atoms with E-state index in [1.165, 1.54) is 0 Å². The summed E-state index contributed by atoms with van der Waals surface area (Å²) in [6.45, 7) is 0. The minimum absolute atomic E-state index is 0.399. The predicted molar refractivity (Wildman–Crippen MR) is 84.5 cm³/mol. The normalized spacial score (nSPS) is 11.5. The Bertz CT molecular complexity index is 818. The highest BCUT2D eigenvalue weighted by Crippen LogP contribution is 2.29. The summed E-state index contributed by atoms with van der Waals surface area (Å²) >= 11 is 0. The predicted octanol–water partition coefficient (Wildman–Crippen LogP) is 4.51. The van der Waals surface area contributed by atoms with Crippen molar-refractivity contribution in [3.8, 4) is 0 Å². The lowest BCUT2D eigenvalue weighted by atomic mass is 9.94. The molecule has 102 valence electrons. The molecule has 3 rings (SSSR count). The fraction of sp³-hybridized carbons (Fsp3) is 0. The van der Waals surface area contributed by atoms with Crippen LogP contribution in [-0.4, -0.2) is 4.92 Å². The Morgan fingerprint density at radius 1 is 0.857 bits per heavy atom. The van der Waals surface area contributed by atoms with Crippen molar-refractivity contribution >= 4 is 16.3 Å². The Morgan fingerprint density at radius 2 is 1.52 bits per heavy atom. The van der Waals surface area contributed by atoms with Gasteiger partial charge in [0.05, 0.1) is 10.5 Å². The number of nitro groups is 1. The first kappa shape index (κ1) is 13.1. The molecule has 0 saturated heterocycles. The lowest BCUT2D eigenvalue weighted by Gasteiger charge is -2.09. The van der Waals surface area contributed by atoms with Gasteiger partial charge in [0.1, 0.15) is 0 Å². The van der Waals surface area contributed by atoms with Crippen LogP contribution in [0.3, 0.4) is 0 Å². The Labute approximate surface area is 122 Å². The molecule has 3 nitrogen and oxygen atoms in total. The van der Waals surface area contributed by atoms with Gasteiger partial charge in [0.25, 0.3) is 0 Å². The summed E-state index contributed by atoms with van der Waals surface area (Å²) in [5.41, 5.74) is 2.33. The van der Waals surface area contributed by atoms with E-state index in [-0.39, 0.29) is 0 Å². The molecule has 0 radical (unpaired) electrons. The van der Waals surface area contributed by atoms with Crippen molar-refractivity contribution in [2.45, 2.75) is 0 Å². The zero-order valence-corrected chi connectivity index (χ0v) is 11.3. The van der Waals surface area contributed by atoms with Gasteiger partial charge in [-0.15, -0.1) is 0 Å². The maximum absolute atomic E-state index is 11.0. The van der Waals surface area contributed by atoms with E-state index < -0.39 is 4.92 Å². The third-order valence-corrected chi connectivity index (χ3v) is 3.40. The highest BCUT2D eigenvalue weighted by molar-refractivity contribution is 5.97. The van der Waals surface area contributed by atoms with E-state index in [0.29, 0.717) is 5.57 Å². The van der Waals surface area contributed by atoms with Crippen LogP contribution in [0.1, 0.15) is 11.1 Å². The van der Waals surface area contributed by atoms with Crippen LogP contribution in [0.2, 0.25) is 0 Å². The number of nitrogens with zero attached hydrogens (tertiary/aromatic N) is 1. The molecule has 0 aromatic heterocycles. The average Bonchev–Trinajstić information content (AvgIpc) is 2.53. The molecule has 0 N–H and O–H groups in total. The molecular formula is C18H13NO2. The van der Waals surface area contributed by atoms with Crippen LogP contribution in [0, 0.1) is 10.1 Å². The standard InChI is InChI=1S/C18H13NO2/c20-19(21)13-18(15-7-2-1-3-8-15)17-12-6-10-14-9-4-5-11-16(14)17/h1-13H/b18-13+. The summed E-state index contributed by atoms with van der Waals surface area (Å²) < 4.78 is 0. The Hall–Kier alpha value is -2.94. The van der Waals surface area contributed by atoms with Gasteiger partial charge in [0.2, 0.25) is 6.20 Å². The summed E-state index contributed by atoms with van der Waals surface area (Å²) in [6, 6.07) is 23.2. The Kier molecular flexibility index (Phi) is 3.48. The smallest absolute Gasteiger partial charge is 0.242 e. The monoisotopic (exact) mass is 275 g/mol. The summed E-state index contributed by atoms with van der Waals surface area (Å²) in [5.74, 6) is 0. The third kappa shape index (κ3) is 2.67. The van der Waals surface area contributed by atoms with Gasteiger partial charge in [-0.25, -0.2) is 0 Å². The van der Waals surface area contributed by atoms with Crippen molar-refractivity contribution in [2.75, 3.05) is 0 Å². The van der Waals surface area contributed by atoms with Gasteiger partial charge in [-0.1, -0.05) is 72.8 Å². The molecule has 0 atom stereocenters. The molecular weight excluding hydrogens is 262 g/mol. The van der Waals surface area contributed by atoms with Crippen molar-refractivity contribution in [1.29, 1.82) is 0 Å². The zero-order chi connectivity index (χ0) is 14.7. The second-order valence-electron chi connectivity index (χ2n) is 4.72. The first-order chi connectivity index (χ1) is 10.3. The molecule has 3 aromatic carbocycles. The van der Waals surface area contributed by atoms with E-state index in [0.717, 1.165) is 28.1 Å². The van der Waals surface area contributed by atoms with Gasteiger partial charge in [0.15, 0.2) is 0 Å². The molecule has 0 fully saturated rings. The molecule has 0 amide bonds. The second-order valence-corrected chi connectivity index (χ2v) is 4.72. The Morgan fingerprint density at radius 3 is 2.29 bits per heavy atom. The Balaban J connectivity index is 2.28. The van der Waals surface area contributed by atoms with E-state index >= 15 is 0 Å². The lowest BCUT2D eigenvalue weighted by molar-refractivity contribution is -0.401. The van der Waals surface area contributed by atoms with Crippen LogP contribution in [0.25, 0.3) is 16.3 Å². The van der Waals surface area contributed by atoms with E-state index in [4.69, 9.17) is 0 Å². The average molecular weight is 275 g/mol. The van der Waals surface area contributed by atoms with Crippen LogP contribution in [0.15, 0.2) is 79.0 Å². The highest BCUT2D eigenvalue weighted by Gasteiger charge is 2.12. The van der Waals surface area contributed by atoms with Crippen molar-refractivity contribution in [1.82, 2.24) is 0 Å².